The molecule has 0 atom stereocenters. The van der Waals surface area contributed by atoms with Gasteiger partial charge in [0.2, 0.25) is 0 Å². The summed E-state index contributed by atoms with van der Waals surface area (Å²) in [5, 5.41) is 13.6. The lowest BCUT2D eigenvalue weighted by atomic mass is 13.1. The van der Waals surface area contributed by atoms with Crippen molar-refractivity contribution in [3.63, 3.8) is 0 Å². The van der Waals surface area contributed by atoms with Crippen molar-refractivity contribution in [1.82, 2.24) is 36.9 Å². The Morgan fingerprint density at radius 3 is 0.850 bits per heavy atom. The van der Waals surface area contributed by atoms with E-state index in [0.29, 0.717) is 0 Å². The van der Waals surface area contributed by atoms with Crippen LogP contribution in [0, 0.1) is 10.1 Å². The standard InChI is InChI=1S/HNO3.6H3N.H3O4P.H2O4S/c2-1(3)4;;;;;;;2*1-5(2,3)4/h(H,2,3,4);6*1H3;(H3,1,2,3,4);(H2,1,2,3,4). The molecule has 0 rings (SSSR count). The normalized spacial score (nSPS) is 7.05. The minimum absolute atomic E-state index is 0. The maximum absolute atomic E-state index is 8.88. The van der Waals surface area contributed by atoms with Crippen LogP contribution in [-0.2, 0) is 15.0 Å². The molecule has 0 aromatic rings. The zero-order valence-corrected chi connectivity index (χ0v) is 12.0. The largest absolute Gasteiger partial charge is 0.466 e. The number of phosphoric acid groups is 1. The molecular weight excluding hydrogens is 337 g/mol. The van der Waals surface area contributed by atoms with Crippen LogP contribution in [0.1, 0.15) is 0 Å². The van der Waals surface area contributed by atoms with E-state index in [4.69, 9.17) is 52.1 Å². The predicted octanol–water partition coefficient (Wildman–Crippen LogP) is -0.957. The van der Waals surface area contributed by atoms with Gasteiger partial charge in [0.15, 0.2) is 0 Å². The monoisotopic (exact) mass is 361 g/mol. The van der Waals surface area contributed by atoms with Gasteiger partial charge in [-0.3, -0.25) is 9.11 Å². The maximum Gasteiger partial charge on any atom is 0.466 e. The molecule has 0 radical (unpaired) electrons. The lowest BCUT2D eigenvalue weighted by Gasteiger charge is -1.82. The van der Waals surface area contributed by atoms with E-state index in [1.165, 1.54) is 0 Å². The smallest absolute Gasteiger partial charge is 0.344 e. The summed E-state index contributed by atoms with van der Waals surface area (Å²) in [5.74, 6) is 0. The van der Waals surface area contributed by atoms with Crippen molar-refractivity contribution < 1.29 is 47.1 Å². The van der Waals surface area contributed by atoms with E-state index < -0.39 is 23.3 Å². The van der Waals surface area contributed by atoms with Gasteiger partial charge >= 0.3 is 18.2 Å². The van der Waals surface area contributed by atoms with Gasteiger partial charge in [-0.15, -0.1) is 10.1 Å². The van der Waals surface area contributed by atoms with Crippen LogP contribution in [0.2, 0.25) is 0 Å². The molecule has 0 heterocycles. The summed E-state index contributed by atoms with van der Waals surface area (Å²) in [6, 6.07) is 0. The van der Waals surface area contributed by atoms with Crippen molar-refractivity contribution >= 4 is 18.2 Å². The molecule has 136 valence electrons. The molecule has 0 aromatic heterocycles. The van der Waals surface area contributed by atoms with Gasteiger partial charge in [0, 0.05) is 0 Å². The summed E-state index contributed by atoms with van der Waals surface area (Å²) in [6.45, 7) is 0. The third-order valence-corrected chi connectivity index (χ3v) is 0. The second-order valence-corrected chi connectivity index (χ2v) is 3.12. The summed E-state index contributed by atoms with van der Waals surface area (Å²) in [6.07, 6.45) is 0. The van der Waals surface area contributed by atoms with Crippen LogP contribution in [0.4, 0.5) is 0 Å². The molecule has 0 unspecified atom stereocenters. The number of hydrogen-bond donors (Lipinski definition) is 12. The molecule has 20 heteroatoms. The number of nitrogens with zero attached hydrogens (tertiary/aromatic N) is 1. The van der Waals surface area contributed by atoms with E-state index in [2.05, 4.69) is 0 Å². The molecule has 0 fully saturated rings. The van der Waals surface area contributed by atoms with E-state index in [1.54, 1.807) is 0 Å². The summed E-state index contributed by atoms with van der Waals surface area (Å²) in [7, 11) is -9.31. The van der Waals surface area contributed by atoms with Gasteiger partial charge < -0.3 is 56.8 Å². The lowest BCUT2D eigenvalue weighted by molar-refractivity contribution is -0.742. The Kier molecular flexibility index (Phi) is 81.7. The van der Waals surface area contributed by atoms with Crippen LogP contribution in [0.25, 0.3) is 0 Å². The molecule has 18 nitrogen and oxygen atoms in total. The molecule has 24 N–H and O–H groups in total. The minimum Gasteiger partial charge on any atom is -0.344 e. The second-order valence-electron chi connectivity index (χ2n) is 1.20. The zero-order valence-electron chi connectivity index (χ0n) is 10.3. The first-order valence-corrected chi connectivity index (χ1v) is 5.01. The van der Waals surface area contributed by atoms with Gasteiger partial charge in [-0.1, -0.05) is 0 Å². The van der Waals surface area contributed by atoms with Gasteiger partial charge in [0.25, 0.3) is 5.09 Å². The van der Waals surface area contributed by atoms with E-state index in [1.807, 2.05) is 0 Å². The molecule has 0 amide bonds. The van der Waals surface area contributed by atoms with Crippen LogP contribution in [0.5, 0.6) is 0 Å². The molecule has 0 aliphatic heterocycles. The second kappa shape index (κ2) is 26.5. The average Bonchev–Trinajstić information content (AvgIpc) is 1.45. The first-order chi connectivity index (χ1) is 5.73. The average molecular weight is 361 g/mol. The van der Waals surface area contributed by atoms with Gasteiger partial charge in [0.1, 0.15) is 0 Å². The maximum atomic E-state index is 8.88. The molecule has 20 heavy (non-hydrogen) atoms. The first kappa shape index (κ1) is 61.7. The van der Waals surface area contributed by atoms with Crippen molar-refractivity contribution in [3.05, 3.63) is 10.1 Å². The van der Waals surface area contributed by atoms with Crippen LogP contribution < -0.4 is 36.9 Å². The van der Waals surface area contributed by atoms with E-state index >= 15 is 0 Å². The van der Waals surface area contributed by atoms with Crippen LogP contribution >= 0.6 is 7.82 Å². The highest BCUT2D eigenvalue weighted by atomic mass is 32.3. The summed E-state index contributed by atoms with van der Waals surface area (Å²) in [5.41, 5.74) is 0. The Balaban J connectivity index is -0.0000000113. The van der Waals surface area contributed by atoms with Crippen molar-refractivity contribution in [2.45, 2.75) is 0 Å². The SMILES string of the molecule is N.N.N.N.N.N.O=P(O)(O)O.O=S(=O)(O)O.O=[N+]([O-])O. The Bertz CT molecular complexity index is 274. The highest BCUT2D eigenvalue weighted by Crippen LogP contribution is 2.25. The highest BCUT2D eigenvalue weighted by molar-refractivity contribution is 7.79. The van der Waals surface area contributed by atoms with E-state index in [0.717, 1.165) is 0 Å². The molecule has 0 aliphatic rings. The molecule has 0 saturated heterocycles. The van der Waals surface area contributed by atoms with Crippen LogP contribution in [0.15, 0.2) is 0 Å². The zero-order chi connectivity index (χ0) is 12.6. The fourth-order valence-corrected chi connectivity index (χ4v) is 0. The molecule has 0 bridgehead atoms. The van der Waals surface area contributed by atoms with Crippen molar-refractivity contribution in [2.24, 2.45) is 0 Å². The van der Waals surface area contributed by atoms with Crippen LogP contribution in [0.3, 0.4) is 0 Å². The topological polar surface area (TPSA) is 426 Å². The summed E-state index contributed by atoms with van der Waals surface area (Å²) in [4.78, 5) is 29.9. The van der Waals surface area contributed by atoms with E-state index in [9.17, 15) is 0 Å². The van der Waals surface area contributed by atoms with Crippen molar-refractivity contribution in [1.29, 1.82) is 0 Å². The fourth-order valence-electron chi connectivity index (χ4n) is 0. The van der Waals surface area contributed by atoms with Crippen molar-refractivity contribution in [3.8, 4) is 0 Å². The lowest BCUT2D eigenvalue weighted by Crippen LogP contribution is -1.89. The third kappa shape index (κ3) is 3830. The minimum atomic E-state index is -4.67. The van der Waals surface area contributed by atoms with E-state index in [-0.39, 0.29) is 36.9 Å². The molecule has 0 saturated carbocycles. The first-order valence-electron chi connectivity index (χ1n) is 2.05. The Hall–Kier alpha value is -1.06. The molecule has 0 aromatic carbocycles. The molecule has 0 aliphatic carbocycles. The third-order valence-electron chi connectivity index (χ3n) is 0. The van der Waals surface area contributed by atoms with Crippen LogP contribution in [-0.4, -0.2) is 42.5 Å². The highest BCUT2D eigenvalue weighted by Gasteiger charge is 2.00. The number of hydrogen-bond acceptors (Lipinski definition) is 11. The molecule has 0 spiro atoms. The predicted molar refractivity (Wildman–Crippen MR) is 67.4 cm³/mol. The Labute approximate surface area is 113 Å². The Morgan fingerprint density at radius 1 is 0.850 bits per heavy atom. The number of rotatable bonds is 0. The molecular formula is H24N7O11PS. The van der Waals surface area contributed by atoms with Gasteiger partial charge in [-0.05, 0) is 0 Å². The quantitative estimate of drug-likeness (QED) is 0.107. The summed E-state index contributed by atoms with van der Waals surface area (Å²) < 4.78 is 40.5. The van der Waals surface area contributed by atoms with Crippen molar-refractivity contribution in [2.75, 3.05) is 0 Å². The van der Waals surface area contributed by atoms with Gasteiger partial charge in [0.05, 0.1) is 0 Å². The Morgan fingerprint density at radius 2 is 0.850 bits per heavy atom. The fraction of sp³-hybridized carbons (Fsp3) is 0. The van der Waals surface area contributed by atoms with Gasteiger partial charge in [-0.2, -0.15) is 8.42 Å². The summed E-state index contributed by atoms with van der Waals surface area (Å²) >= 11 is 0. The van der Waals surface area contributed by atoms with Gasteiger partial charge in [-0.25, -0.2) is 4.57 Å².